The van der Waals surface area contributed by atoms with Gasteiger partial charge in [-0.1, -0.05) is 6.07 Å². The summed E-state index contributed by atoms with van der Waals surface area (Å²) in [6.07, 6.45) is 0.576. The maximum atomic E-state index is 13.1. The van der Waals surface area contributed by atoms with Gasteiger partial charge in [0.25, 0.3) is 0 Å². The minimum absolute atomic E-state index is 0.0592. The molecule has 2 fully saturated rings. The minimum Gasteiger partial charge on any atom is -0.481 e. The molecular formula is C15H15F2NO3. The van der Waals surface area contributed by atoms with Crippen molar-refractivity contribution in [1.29, 1.82) is 0 Å². The maximum Gasteiger partial charge on any atom is 0.307 e. The lowest BCUT2D eigenvalue weighted by atomic mass is 10.1. The Balaban J connectivity index is 1.50. The van der Waals surface area contributed by atoms with Crippen LogP contribution in [-0.4, -0.2) is 35.0 Å². The summed E-state index contributed by atoms with van der Waals surface area (Å²) >= 11 is 0. The first-order chi connectivity index (χ1) is 9.97. The molecule has 1 aliphatic heterocycles. The van der Waals surface area contributed by atoms with Crippen molar-refractivity contribution in [2.24, 2.45) is 17.8 Å². The molecule has 1 heterocycles. The molecule has 3 atom stereocenters. The zero-order valence-electron chi connectivity index (χ0n) is 11.3. The van der Waals surface area contributed by atoms with E-state index in [-0.39, 0.29) is 30.1 Å². The molecule has 21 heavy (non-hydrogen) atoms. The van der Waals surface area contributed by atoms with Crippen molar-refractivity contribution in [1.82, 2.24) is 4.90 Å². The van der Waals surface area contributed by atoms with Gasteiger partial charge in [0.1, 0.15) is 0 Å². The standard InChI is InChI=1S/C15H15F2NO3/c16-11-3-1-8(5-12(11)17)2-4-13(19)18-6-9-10(7-18)14(9)15(20)21/h1,3,5,9-10,14H,2,4,6-7H2,(H,20,21)/t9-,10+,14?. The summed E-state index contributed by atoms with van der Waals surface area (Å²) in [5.41, 5.74) is 0.579. The average molecular weight is 295 g/mol. The number of benzene rings is 1. The van der Waals surface area contributed by atoms with Gasteiger partial charge >= 0.3 is 5.97 Å². The molecule has 1 aromatic rings. The van der Waals surface area contributed by atoms with Gasteiger partial charge in [-0.2, -0.15) is 0 Å². The molecule has 0 spiro atoms. The lowest BCUT2D eigenvalue weighted by Gasteiger charge is -2.19. The number of amides is 1. The molecule has 1 aromatic carbocycles. The van der Waals surface area contributed by atoms with Crippen LogP contribution in [0.25, 0.3) is 0 Å². The van der Waals surface area contributed by atoms with E-state index in [1.807, 2.05) is 0 Å². The quantitative estimate of drug-likeness (QED) is 0.919. The van der Waals surface area contributed by atoms with Gasteiger partial charge < -0.3 is 10.0 Å². The molecule has 4 nitrogen and oxygen atoms in total. The second-order valence-corrected chi connectivity index (χ2v) is 5.74. The average Bonchev–Trinajstić information content (AvgIpc) is 2.96. The van der Waals surface area contributed by atoms with E-state index in [1.54, 1.807) is 4.90 Å². The Labute approximate surface area is 120 Å². The van der Waals surface area contributed by atoms with Gasteiger partial charge in [0, 0.05) is 19.5 Å². The monoisotopic (exact) mass is 295 g/mol. The van der Waals surface area contributed by atoms with Crippen LogP contribution in [0, 0.1) is 29.4 Å². The molecule has 1 saturated carbocycles. The fraction of sp³-hybridized carbons (Fsp3) is 0.467. The SMILES string of the molecule is O=C(O)C1[C@H]2CN(C(=O)CCc3ccc(F)c(F)c3)C[C@@H]12. The molecule has 1 N–H and O–H groups in total. The van der Waals surface area contributed by atoms with Crippen molar-refractivity contribution < 1.29 is 23.5 Å². The molecule has 1 amide bonds. The van der Waals surface area contributed by atoms with Crippen LogP contribution in [-0.2, 0) is 16.0 Å². The number of carboxylic acid groups (broad SMARTS) is 1. The van der Waals surface area contributed by atoms with E-state index in [1.165, 1.54) is 6.07 Å². The number of hydrogen-bond donors (Lipinski definition) is 1. The highest BCUT2D eigenvalue weighted by molar-refractivity contribution is 5.79. The first kappa shape index (κ1) is 14.0. The summed E-state index contributed by atoms with van der Waals surface area (Å²) in [4.78, 5) is 24.6. The van der Waals surface area contributed by atoms with Crippen molar-refractivity contribution in [3.8, 4) is 0 Å². The normalized spacial score (nSPS) is 26.6. The van der Waals surface area contributed by atoms with Gasteiger partial charge in [0.05, 0.1) is 5.92 Å². The van der Waals surface area contributed by atoms with E-state index >= 15 is 0 Å². The lowest BCUT2D eigenvalue weighted by Crippen LogP contribution is -2.32. The number of piperidine rings is 1. The number of nitrogens with zero attached hydrogens (tertiary/aromatic N) is 1. The first-order valence-electron chi connectivity index (χ1n) is 6.92. The Hall–Kier alpha value is -1.98. The van der Waals surface area contributed by atoms with E-state index in [0.29, 0.717) is 25.1 Å². The third-order valence-electron chi connectivity index (χ3n) is 4.44. The molecule has 1 unspecified atom stereocenters. The largest absolute Gasteiger partial charge is 0.481 e. The summed E-state index contributed by atoms with van der Waals surface area (Å²) in [6.45, 7) is 0.997. The fourth-order valence-electron chi connectivity index (χ4n) is 3.20. The number of hydrogen-bond acceptors (Lipinski definition) is 2. The Morgan fingerprint density at radius 2 is 1.86 bits per heavy atom. The first-order valence-corrected chi connectivity index (χ1v) is 6.92. The van der Waals surface area contributed by atoms with Crippen molar-refractivity contribution >= 4 is 11.9 Å². The highest BCUT2D eigenvalue weighted by Crippen LogP contribution is 2.51. The molecule has 1 aliphatic carbocycles. The van der Waals surface area contributed by atoms with Crippen molar-refractivity contribution in [2.75, 3.05) is 13.1 Å². The number of carbonyl (C=O) groups is 2. The molecular weight excluding hydrogens is 280 g/mol. The smallest absolute Gasteiger partial charge is 0.307 e. The van der Waals surface area contributed by atoms with Crippen LogP contribution in [0.1, 0.15) is 12.0 Å². The van der Waals surface area contributed by atoms with Crippen LogP contribution >= 0.6 is 0 Å². The molecule has 1 saturated heterocycles. The molecule has 0 bridgehead atoms. The Morgan fingerprint density at radius 3 is 2.43 bits per heavy atom. The van der Waals surface area contributed by atoms with Crippen LogP contribution in [0.15, 0.2) is 18.2 Å². The van der Waals surface area contributed by atoms with Crippen LogP contribution in [0.3, 0.4) is 0 Å². The van der Waals surface area contributed by atoms with Crippen molar-refractivity contribution in [3.05, 3.63) is 35.4 Å². The van der Waals surface area contributed by atoms with E-state index in [2.05, 4.69) is 0 Å². The van der Waals surface area contributed by atoms with Crippen molar-refractivity contribution in [3.63, 3.8) is 0 Å². The zero-order chi connectivity index (χ0) is 15.1. The van der Waals surface area contributed by atoms with Crippen LogP contribution in [0.2, 0.25) is 0 Å². The number of aliphatic carboxylic acids is 1. The summed E-state index contributed by atoms with van der Waals surface area (Å²) in [7, 11) is 0. The van der Waals surface area contributed by atoms with Gasteiger partial charge in [-0.25, -0.2) is 8.78 Å². The molecule has 112 valence electrons. The fourth-order valence-corrected chi connectivity index (χ4v) is 3.20. The van der Waals surface area contributed by atoms with Crippen molar-refractivity contribution in [2.45, 2.75) is 12.8 Å². The minimum atomic E-state index is -0.910. The molecule has 0 aromatic heterocycles. The third-order valence-corrected chi connectivity index (χ3v) is 4.44. The summed E-state index contributed by atoms with van der Waals surface area (Å²) in [5.74, 6) is -2.75. The number of aryl methyl sites for hydroxylation is 1. The van der Waals surface area contributed by atoms with E-state index in [9.17, 15) is 18.4 Å². The van der Waals surface area contributed by atoms with Gasteiger partial charge in [-0.15, -0.1) is 0 Å². The number of fused-ring (bicyclic) bond motifs is 1. The predicted molar refractivity (Wildman–Crippen MR) is 69.4 cm³/mol. The third kappa shape index (κ3) is 2.62. The Kier molecular flexibility index (Phi) is 3.39. The summed E-state index contributed by atoms with van der Waals surface area (Å²) in [6, 6.07) is 3.62. The van der Waals surface area contributed by atoms with Gasteiger partial charge in [0.15, 0.2) is 11.6 Å². The summed E-state index contributed by atoms with van der Waals surface area (Å²) < 4.78 is 25.8. The number of carboxylic acids is 1. The van der Waals surface area contributed by atoms with Crippen LogP contribution in [0.4, 0.5) is 8.78 Å². The number of carbonyl (C=O) groups excluding carboxylic acids is 1. The molecule has 3 rings (SSSR count). The van der Waals surface area contributed by atoms with Crippen LogP contribution in [0.5, 0.6) is 0 Å². The Bertz CT molecular complexity index is 593. The second-order valence-electron chi connectivity index (χ2n) is 5.74. The molecule has 2 aliphatic rings. The van der Waals surface area contributed by atoms with E-state index in [4.69, 9.17) is 5.11 Å². The lowest BCUT2D eigenvalue weighted by molar-refractivity contribution is -0.141. The number of rotatable bonds is 4. The molecule has 0 radical (unpaired) electrons. The number of halogens is 2. The van der Waals surface area contributed by atoms with Gasteiger partial charge in [0.2, 0.25) is 5.91 Å². The zero-order valence-corrected chi connectivity index (χ0v) is 11.3. The second kappa shape index (κ2) is 5.09. The van der Waals surface area contributed by atoms with E-state index < -0.39 is 17.6 Å². The highest BCUT2D eigenvalue weighted by atomic mass is 19.2. The van der Waals surface area contributed by atoms with E-state index in [0.717, 1.165) is 12.1 Å². The van der Waals surface area contributed by atoms with Gasteiger partial charge in [-0.05, 0) is 36.0 Å². The highest BCUT2D eigenvalue weighted by Gasteiger charge is 2.60. The predicted octanol–water partition coefficient (Wildman–Crippen LogP) is 1.69. The number of likely N-dealkylation sites (tertiary alicyclic amines) is 1. The topological polar surface area (TPSA) is 57.6 Å². The Morgan fingerprint density at radius 1 is 1.19 bits per heavy atom. The maximum absolute atomic E-state index is 13.1. The molecule has 6 heteroatoms. The van der Waals surface area contributed by atoms with Crippen LogP contribution < -0.4 is 0 Å². The summed E-state index contributed by atoms with van der Waals surface area (Å²) in [5, 5.41) is 8.91. The van der Waals surface area contributed by atoms with Gasteiger partial charge in [-0.3, -0.25) is 9.59 Å².